The predicted molar refractivity (Wildman–Crippen MR) is 79.0 cm³/mol. The van der Waals surface area contributed by atoms with Crippen molar-refractivity contribution in [3.05, 3.63) is 0 Å². The van der Waals surface area contributed by atoms with Gasteiger partial charge in [0.15, 0.2) is 0 Å². The third-order valence-corrected chi connectivity index (χ3v) is 4.25. The molecule has 2 aliphatic rings. The smallest absolute Gasteiger partial charge is 0.229 e. The zero-order valence-corrected chi connectivity index (χ0v) is 12.9. The fourth-order valence-corrected chi connectivity index (χ4v) is 3.03. The number of aliphatic hydroxyl groups is 1. The number of piperidine rings is 1. The second-order valence-electron chi connectivity index (χ2n) is 5.82. The van der Waals surface area contributed by atoms with Crippen LogP contribution in [0, 0.1) is 5.92 Å². The van der Waals surface area contributed by atoms with Crippen LogP contribution in [-0.4, -0.2) is 74.1 Å². The maximum Gasteiger partial charge on any atom is 0.229 e. The molecule has 0 aromatic carbocycles. The Kier molecular flexibility index (Phi) is 6.89. The van der Waals surface area contributed by atoms with Crippen molar-refractivity contribution < 1.29 is 19.4 Å². The van der Waals surface area contributed by atoms with Gasteiger partial charge in [0.1, 0.15) is 0 Å². The topological polar surface area (TPSA) is 71.0 Å². The molecule has 6 heteroatoms. The van der Waals surface area contributed by atoms with Crippen molar-refractivity contribution in [2.45, 2.75) is 38.3 Å². The minimum Gasteiger partial charge on any atom is -0.394 e. The van der Waals surface area contributed by atoms with Crippen molar-refractivity contribution in [2.24, 2.45) is 5.92 Å². The average molecular weight is 300 g/mol. The van der Waals surface area contributed by atoms with Gasteiger partial charge in [0.25, 0.3) is 0 Å². The highest BCUT2D eigenvalue weighted by Crippen LogP contribution is 2.21. The highest BCUT2D eigenvalue weighted by atomic mass is 16.5. The van der Waals surface area contributed by atoms with Crippen LogP contribution in [0.15, 0.2) is 0 Å². The van der Waals surface area contributed by atoms with Gasteiger partial charge in [0.05, 0.1) is 38.4 Å². The Labute approximate surface area is 126 Å². The van der Waals surface area contributed by atoms with E-state index in [4.69, 9.17) is 14.6 Å². The van der Waals surface area contributed by atoms with E-state index in [1.165, 1.54) is 0 Å². The SMILES string of the molecule is CCCNC1COCC1C(=O)N1CCC(OCCO)CC1. The lowest BCUT2D eigenvalue weighted by Gasteiger charge is -2.34. The summed E-state index contributed by atoms with van der Waals surface area (Å²) in [5.41, 5.74) is 0. The van der Waals surface area contributed by atoms with Crippen LogP contribution in [0.3, 0.4) is 0 Å². The number of hydrogen-bond donors (Lipinski definition) is 2. The van der Waals surface area contributed by atoms with E-state index < -0.39 is 0 Å². The summed E-state index contributed by atoms with van der Waals surface area (Å²) in [5, 5.41) is 12.2. The van der Waals surface area contributed by atoms with Gasteiger partial charge >= 0.3 is 0 Å². The summed E-state index contributed by atoms with van der Waals surface area (Å²) in [6.45, 7) is 6.14. The van der Waals surface area contributed by atoms with Gasteiger partial charge in [-0.3, -0.25) is 4.79 Å². The van der Waals surface area contributed by atoms with E-state index in [1.807, 2.05) is 4.90 Å². The minimum atomic E-state index is -0.0496. The highest BCUT2D eigenvalue weighted by molar-refractivity contribution is 5.80. The monoisotopic (exact) mass is 300 g/mol. The summed E-state index contributed by atoms with van der Waals surface area (Å²) in [6.07, 6.45) is 2.94. The van der Waals surface area contributed by atoms with Gasteiger partial charge in [0.2, 0.25) is 5.91 Å². The molecule has 0 saturated carbocycles. The van der Waals surface area contributed by atoms with E-state index in [0.29, 0.717) is 19.8 Å². The quantitative estimate of drug-likeness (QED) is 0.692. The minimum absolute atomic E-state index is 0.0496. The lowest BCUT2D eigenvalue weighted by Crippen LogP contribution is -2.49. The number of aliphatic hydroxyl groups excluding tert-OH is 1. The van der Waals surface area contributed by atoms with Gasteiger partial charge in [-0.25, -0.2) is 0 Å². The molecule has 0 radical (unpaired) electrons. The van der Waals surface area contributed by atoms with Gasteiger partial charge < -0.3 is 24.8 Å². The molecule has 2 N–H and O–H groups in total. The molecule has 122 valence electrons. The molecule has 0 aromatic rings. The molecule has 1 amide bonds. The maximum absolute atomic E-state index is 12.6. The summed E-state index contributed by atoms with van der Waals surface area (Å²) in [4.78, 5) is 14.6. The number of hydrogen-bond acceptors (Lipinski definition) is 5. The van der Waals surface area contributed by atoms with Crippen LogP contribution in [0.25, 0.3) is 0 Å². The Balaban J connectivity index is 1.78. The van der Waals surface area contributed by atoms with Crippen LogP contribution in [-0.2, 0) is 14.3 Å². The van der Waals surface area contributed by atoms with Gasteiger partial charge in [-0.15, -0.1) is 0 Å². The summed E-state index contributed by atoms with van der Waals surface area (Å²) >= 11 is 0. The predicted octanol–water partition coefficient (Wildman–Crippen LogP) is 0.000900. The van der Waals surface area contributed by atoms with Crippen molar-refractivity contribution in [3.63, 3.8) is 0 Å². The lowest BCUT2D eigenvalue weighted by molar-refractivity contribution is -0.138. The molecule has 21 heavy (non-hydrogen) atoms. The van der Waals surface area contributed by atoms with Crippen LogP contribution in [0.5, 0.6) is 0 Å². The fraction of sp³-hybridized carbons (Fsp3) is 0.933. The summed E-state index contributed by atoms with van der Waals surface area (Å²) in [6, 6.07) is 0.154. The van der Waals surface area contributed by atoms with E-state index >= 15 is 0 Å². The third kappa shape index (κ3) is 4.64. The molecule has 0 aromatic heterocycles. The molecule has 0 bridgehead atoms. The van der Waals surface area contributed by atoms with Crippen molar-refractivity contribution in [1.82, 2.24) is 10.2 Å². The molecule has 6 nitrogen and oxygen atoms in total. The van der Waals surface area contributed by atoms with E-state index in [1.54, 1.807) is 0 Å². The third-order valence-electron chi connectivity index (χ3n) is 4.25. The molecular weight excluding hydrogens is 272 g/mol. The number of carbonyl (C=O) groups excluding carboxylic acids is 1. The Morgan fingerprint density at radius 3 is 2.81 bits per heavy atom. The van der Waals surface area contributed by atoms with Crippen LogP contribution < -0.4 is 5.32 Å². The molecule has 2 unspecified atom stereocenters. The summed E-state index contributed by atoms with van der Waals surface area (Å²) in [7, 11) is 0. The number of nitrogens with zero attached hydrogens (tertiary/aromatic N) is 1. The number of amides is 1. The molecule has 2 heterocycles. The number of ether oxygens (including phenoxy) is 2. The molecule has 2 rings (SSSR count). The molecule has 2 aliphatic heterocycles. The Hall–Kier alpha value is -0.690. The zero-order chi connectivity index (χ0) is 15.1. The largest absolute Gasteiger partial charge is 0.394 e. The van der Waals surface area contributed by atoms with Gasteiger partial charge in [0, 0.05) is 19.1 Å². The normalized spacial score (nSPS) is 27.2. The number of nitrogens with one attached hydrogen (secondary N) is 1. The standard InChI is InChI=1S/C15H28N2O4/c1-2-5-16-14-11-20-10-13(14)15(19)17-6-3-12(4-7-17)21-9-8-18/h12-14,16,18H,2-11H2,1H3. The van der Waals surface area contributed by atoms with E-state index in [-0.39, 0.29) is 30.6 Å². The zero-order valence-electron chi connectivity index (χ0n) is 12.9. The first kappa shape index (κ1) is 16.7. The van der Waals surface area contributed by atoms with E-state index in [9.17, 15) is 4.79 Å². The summed E-state index contributed by atoms with van der Waals surface area (Å²) < 4.78 is 11.0. The first-order chi connectivity index (χ1) is 10.3. The maximum atomic E-state index is 12.6. The van der Waals surface area contributed by atoms with Gasteiger partial charge in [-0.1, -0.05) is 6.92 Å². The second-order valence-corrected chi connectivity index (χ2v) is 5.82. The number of likely N-dealkylation sites (tertiary alicyclic amines) is 1. The van der Waals surface area contributed by atoms with Crippen molar-refractivity contribution >= 4 is 5.91 Å². The average Bonchev–Trinajstić information content (AvgIpc) is 2.99. The molecule has 2 saturated heterocycles. The van der Waals surface area contributed by atoms with Crippen molar-refractivity contribution in [1.29, 1.82) is 0 Å². The van der Waals surface area contributed by atoms with Crippen molar-refractivity contribution in [3.8, 4) is 0 Å². The number of carbonyl (C=O) groups is 1. The fourth-order valence-electron chi connectivity index (χ4n) is 3.03. The van der Waals surface area contributed by atoms with Crippen LogP contribution in [0.4, 0.5) is 0 Å². The van der Waals surface area contributed by atoms with Crippen LogP contribution >= 0.6 is 0 Å². The first-order valence-electron chi connectivity index (χ1n) is 8.08. The highest BCUT2D eigenvalue weighted by Gasteiger charge is 2.37. The summed E-state index contributed by atoms with van der Waals surface area (Å²) in [5.74, 6) is 0.160. The second kappa shape index (κ2) is 8.68. The Morgan fingerprint density at radius 1 is 1.38 bits per heavy atom. The molecular formula is C15H28N2O4. The van der Waals surface area contributed by atoms with Crippen LogP contribution in [0.2, 0.25) is 0 Å². The van der Waals surface area contributed by atoms with Gasteiger partial charge in [-0.2, -0.15) is 0 Å². The molecule has 2 fully saturated rings. The van der Waals surface area contributed by atoms with E-state index in [0.717, 1.165) is 38.9 Å². The first-order valence-corrected chi connectivity index (χ1v) is 8.08. The number of rotatable bonds is 7. The lowest BCUT2D eigenvalue weighted by atomic mass is 9.99. The Morgan fingerprint density at radius 2 is 2.14 bits per heavy atom. The van der Waals surface area contributed by atoms with Crippen LogP contribution in [0.1, 0.15) is 26.2 Å². The molecule has 2 atom stereocenters. The van der Waals surface area contributed by atoms with E-state index in [2.05, 4.69) is 12.2 Å². The van der Waals surface area contributed by atoms with Crippen molar-refractivity contribution in [2.75, 3.05) is 46.1 Å². The molecule has 0 spiro atoms. The van der Waals surface area contributed by atoms with Gasteiger partial charge in [-0.05, 0) is 25.8 Å². The molecule has 0 aliphatic carbocycles. The Bertz CT molecular complexity index is 319.